The lowest BCUT2D eigenvalue weighted by molar-refractivity contribution is -0.118. The lowest BCUT2D eigenvalue weighted by Gasteiger charge is -2.39. The number of allylic oxidation sites excluding steroid dienone is 2. The quantitative estimate of drug-likeness (QED) is 0.611. The Morgan fingerprint density at radius 1 is 1.12 bits per heavy atom. The predicted molar refractivity (Wildman–Crippen MR) is 125 cm³/mol. The molecule has 162 valence electrons. The van der Waals surface area contributed by atoms with Gasteiger partial charge in [0.05, 0.1) is 6.20 Å². The number of Topliss-reactive ketones (excluding diaryl/α,β-unsaturated/α-hetero) is 1. The standard InChI is InChI=1S/C26H26N4O2/c1-16-8-7-11-18(12-16)28-25(32)19-15-27-30-23(17-9-5-4-6-10-17)22-20(29-24(19)30)13-26(2,3)14-21(22)31/h4-12,15,23,29H,13-14H2,1-3H3,(H,28,32)/t23-/m0/s1. The molecular weight excluding hydrogens is 400 g/mol. The summed E-state index contributed by atoms with van der Waals surface area (Å²) in [5, 5.41) is 10.9. The van der Waals surface area contributed by atoms with Gasteiger partial charge in [-0.1, -0.05) is 56.3 Å². The van der Waals surface area contributed by atoms with Crippen LogP contribution in [0.2, 0.25) is 0 Å². The van der Waals surface area contributed by atoms with Gasteiger partial charge in [-0.05, 0) is 42.0 Å². The van der Waals surface area contributed by atoms with Crippen molar-refractivity contribution in [3.8, 4) is 0 Å². The molecule has 3 aromatic rings. The molecule has 0 spiro atoms. The summed E-state index contributed by atoms with van der Waals surface area (Å²) in [5.41, 5.74) is 4.73. The molecule has 2 N–H and O–H groups in total. The highest BCUT2D eigenvalue weighted by molar-refractivity contribution is 6.08. The Balaban J connectivity index is 1.59. The second-order valence-electron chi connectivity index (χ2n) is 9.45. The molecule has 0 saturated carbocycles. The van der Waals surface area contributed by atoms with Crippen molar-refractivity contribution in [2.45, 2.75) is 39.7 Å². The Hall–Kier alpha value is -3.67. The smallest absolute Gasteiger partial charge is 0.261 e. The zero-order valence-corrected chi connectivity index (χ0v) is 18.5. The number of ketones is 1. The number of carbonyl (C=O) groups is 2. The van der Waals surface area contributed by atoms with E-state index in [1.807, 2.05) is 61.5 Å². The second kappa shape index (κ2) is 7.48. The van der Waals surface area contributed by atoms with Crippen LogP contribution in [0.3, 0.4) is 0 Å². The number of aryl methyl sites for hydroxylation is 1. The summed E-state index contributed by atoms with van der Waals surface area (Å²) in [7, 11) is 0. The lowest BCUT2D eigenvalue weighted by Crippen LogP contribution is -2.36. The van der Waals surface area contributed by atoms with Crippen LogP contribution < -0.4 is 10.6 Å². The first kappa shape index (κ1) is 20.2. The van der Waals surface area contributed by atoms with Crippen LogP contribution in [0.25, 0.3) is 0 Å². The predicted octanol–water partition coefficient (Wildman–Crippen LogP) is 5.10. The molecular formula is C26H26N4O2. The fourth-order valence-electron chi connectivity index (χ4n) is 4.74. The maximum Gasteiger partial charge on any atom is 0.261 e. The number of anilines is 2. The molecule has 0 bridgehead atoms. The first-order valence-electron chi connectivity index (χ1n) is 10.9. The Bertz CT molecular complexity index is 1250. The lowest BCUT2D eigenvalue weighted by atomic mass is 9.73. The highest BCUT2D eigenvalue weighted by Crippen LogP contribution is 2.46. The van der Waals surface area contributed by atoms with E-state index in [1.165, 1.54) is 0 Å². The van der Waals surface area contributed by atoms with Crippen molar-refractivity contribution in [1.82, 2.24) is 9.78 Å². The number of benzene rings is 2. The number of rotatable bonds is 3. The van der Waals surface area contributed by atoms with E-state index in [1.54, 1.807) is 10.9 Å². The van der Waals surface area contributed by atoms with Crippen LogP contribution in [-0.4, -0.2) is 21.5 Å². The van der Waals surface area contributed by atoms with E-state index in [-0.39, 0.29) is 23.1 Å². The number of carbonyl (C=O) groups excluding carboxylic acids is 2. The van der Waals surface area contributed by atoms with E-state index >= 15 is 0 Å². The van der Waals surface area contributed by atoms with Gasteiger partial charge in [-0.25, -0.2) is 4.68 Å². The summed E-state index contributed by atoms with van der Waals surface area (Å²) in [4.78, 5) is 26.4. The topological polar surface area (TPSA) is 76.0 Å². The van der Waals surface area contributed by atoms with Gasteiger partial charge in [-0.3, -0.25) is 9.59 Å². The molecule has 2 aromatic carbocycles. The third-order valence-corrected chi connectivity index (χ3v) is 6.14. The molecule has 2 aliphatic rings. The normalized spacial score (nSPS) is 19.1. The van der Waals surface area contributed by atoms with Gasteiger partial charge in [-0.2, -0.15) is 5.10 Å². The minimum Gasteiger partial charge on any atom is -0.343 e. The molecule has 1 aliphatic heterocycles. The average molecular weight is 427 g/mol. The molecule has 5 rings (SSSR count). The maximum atomic E-state index is 13.2. The number of nitrogens with one attached hydrogen (secondary N) is 2. The minimum atomic E-state index is -0.355. The van der Waals surface area contributed by atoms with E-state index in [4.69, 9.17) is 0 Å². The first-order chi connectivity index (χ1) is 15.3. The van der Waals surface area contributed by atoms with Crippen LogP contribution in [0.5, 0.6) is 0 Å². The molecule has 0 fully saturated rings. The van der Waals surface area contributed by atoms with Crippen molar-refractivity contribution in [2.24, 2.45) is 5.41 Å². The Labute approximate surface area is 187 Å². The van der Waals surface area contributed by atoms with Crippen LogP contribution in [0.1, 0.15) is 54.2 Å². The van der Waals surface area contributed by atoms with E-state index in [9.17, 15) is 9.59 Å². The third-order valence-electron chi connectivity index (χ3n) is 6.14. The minimum absolute atomic E-state index is 0.129. The summed E-state index contributed by atoms with van der Waals surface area (Å²) in [5.74, 6) is 0.513. The van der Waals surface area contributed by atoms with Gasteiger partial charge in [-0.15, -0.1) is 0 Å². The summed E-state index contributed by atoms with van der Waals surface area (Å²) in [6.07, 6.45) is 2.81. The molecule has 0 saturated heterocycles. The maximum absolute atomic E-state index is 13.2. The summed E-state index contributed by atoms with van der Waals surface area (Å²) < 4.78 is 1.77. The fourth-order valence-corrected chi connectivity index (χ4v) is 4.74. The molecule has 1 amide bonds. The van der Waals surface area contributed by atoms with E-state index in [0.29, 0.717) is 17.8 Å². The Morgan fingerprint density at radius 2 is 1.91 bits per heavy atom. The number of amides is 1. The molecule has 6 heteroatoms. The van der Waals surface area contributed by atoms with Crippen LogP contribution in [0.4, 0.5) is 11.5 Å². The SMILES string of the molecule is Cc1cccc(NC(=O)c2cnn3c2NC2=C(C(=O)CC(C)(C)C2)[C@@H]3c2ccccc2)c1. The van der Waals surface area contributed by atoms with Crippen molar-refractivity contribution in [3.63, 3.8) is 0 Å². The number of fused-ring (bicyclic) bond motifs is 1. The first-order valence-corrected chi connectivity index (χ1v) is 10.9. The van der Waals surface area contributed by atoms with E-state index in [0.717, 1.165) is 34.5 Å². The van der Waals surface area contributed by atoms with Gasteiger partial charge >= 0.3 is 0 Å². The largest absolute Gasteiger partial charge is 0.343 e. The van der Waals surface area contributed by atoms with Gasteiger partial charge in [0, 0.05) is 23.4 Å². The monoisotopic (exact) mass is 426 g/mol. The highest BCUT2D eigenvalue weighted by atomic mass is 16.1. The van der Waals surface area contributed by atoms with Crippen molar-refractivity contribution in [1.29, 1.82) is 0 Å². The van der Waals surface area contributed by atoms with Gasteiger partial charge in [0.2, 0.25) is 0 Å². The Morgan fingerprint density at radius 3 is 2.66 bits per heavy atom. The average Bonchev–Trinajstić information content (AvgIpc) is 3.15. The molecule has 6 nitrogen and oxygen atoms in total. The highest BCUT2D eigenvalue weighted by Gasteiger charge is 2.42. The summed E-state index contributed by atoms with van der Waals surface area (Å²) in [6, 6.07) is 17.2. The van der Waals surface area contributed by atoms with Crippen LogP contribution in [-0.2, 0) is 4.79 Å². The van der Waals surface area contributed by atoms with Crippen molar-refractivity contribution in [3.05, 3.63) is 88.8 Å². The number of hydrogen-bond acceptors (Lipinski definition) is 4. The number of hydrogen-bond donors (Lipinski definition) is 2. The number of nitrogens with zero attached hydrogens (tertiary/aromatic N) is 2. The van der Waals surface area contributed by atoms with E-state index < -0.39 is 0 Å². The fraction of sp³-hybridized carbons (Fsp3) is 0.269. The Kier molecular flexibility index (Phi) is 4.73. The zero-order chi connectivity index (χ0) is 22.5. The zero-order valence-electron chi connectivity index (χ0n) is 18.5. The van der Waals surface area contributed by atoms with Crippen LogP contribution in [0.15, 0.2) is 72.1 Å². The van der Waals surface area contributed by atoms with Gasteiger partial charge in [0.15, 0.2) is 5.78 Å². The molecule has 32 heavy (non-hydrogen) atoms. The van der Waals surface area contributed by atoms with Crippen molar-refractivity contribution < 1.29 is 9.59 Å². The van der Waals surface area contributed by atoms with Crippen molar-refractivity contribution >= 4 is 23.2 Å². The molecule has 1 aromatic heterocycles. The molecule has 0 unspecified atom stereocenters. The van der Waals surface area contributed by atoms with Crippen LogP contribution >= 0.6 is 0 Å². The van der Waals surface area contributed by atoms with Gasteiger partial charge in [0.1, 0.15) is 17.4 Å². The van der Waals surface area contributed by atoms with Crippen LogP contribution in [0, 0.1) is 12.3 Å². The van der Waals surface area contributed by atoms with E-state index in [2.05, 4.69) is 29.6 Å². The van der Waals surface area contributed by atoms with Crippen molar-refractivity contribution in [2.75, 3.05) is 10.6 Å². The third kappa shape index (κ3) is 3.51. The molecule has 0 radical (unpaired) electrons. The molecule has 1 aliphatic carbocycles. The molecule has 1 atom stereocenters. The van der Waals surface area contributed by atoms with Gasteiger partial charge in [0.25, 0.3) is 5.91 Å². The second-order valence-corrected chi connectivity index (χ2v) is 9.45. The summed E-state index contributed by atoms with van der Waals surface area (Å²) in [6.45, 7) is 6.19. The van der Waals surface area contributed by atoms with Gasteiger partial charge < -0.3 is 10.6 Å². The summed E-state index contributed by atoms with van der Waals surface area (Å²) >= 11 is 0. The number of aromatic nitrogens is 2. The molecule has 2 heterocycles.